The Kier molecular flexibility index (Phi) is 6.89. The van der Waals surface area contributed by atoms with Gasteiger partial charge in [0.05, 0.1) is 17.4 Å². The summed E-state index contributed by atoms with van der Waals surface area (Å²) in [6.45, 7) is 9.05. The van der Waals surface area contributed by atoms with Gasteiger partial charge >= 0.3 is 0 Å². The lowest BCUT2D eigenvalue weighted by molar-refractivity contribution is 0.100. The van der Waals surface area contributed by atoms with Crippen molar-refractivity contribution in [2.24, 2.45) is 5.73 Å². The topological polar surface area (TPSA) is 90.4 Å². The predicted molar refractivity (Wildman–Crippen MR) is 121 cm³/mol. The van der Waals surface area contributed by atoms with E-state index in [4.69, 9.17) is 15.5 Å². The van der Waals surface area contributed by atoms with Gasteiger partial charge in [0.2, 0.25) is 0 Å². The average molecular weight is 429 g/mol. The largest absolute Gasteiger partial charge is 0.496 e. The molecule has 0 aliphatic rings. The lowest BCUT2D eigenvalue weighted by Gasteiger charge is -2.20. The third-order valence-electron chi connectivity index (χ3n) is 5.43. The molecule has 0 saturated carbocycles. The van der Waals surface area contributed by atoms with E-state index in [0.717, 1.165) is 30.9 Å². The summed E-state index contributed by atoms with van der Waals surface area (Å²) in [4.78, 5) is 33.3. The van der Waals surface area contributed by atoms with E-state index in [-0.39, 0.29) is 5.56 Å². The van der Waals surface area contributed by atoms with Crippen LogP contribution in [0, 0.1) is 6.92 Å². The monoisotopic (exact) mass is 428 g/mol. The van der Waals surface area contributed by atoms with E-state index in [1.54, 1.807) is 18.6 Å². The second kappa shape index (κ2) is 9.40. The minimum Gasteiger partial charge on any atom is -0.496 e. The SMILES string of the molecule is CCN(CC)CCn1c(Cc2ccccc2OC)nc2sc(C(N)=O)c(C)c2c1=O. The minimum atomic E-state index is -0.532. The van der Waals surface area contributed by atoms with Crippen LogP contribution < -0.4 is 16.0 Å². The van der Waals surface area contributed by atoms with Crippen molar-refractivity contribution in [1.29, 1.82) is 0 Å². The molecule has 0 saturated heterocycles. The molecule has 3 aromatic rings. The summed E-state index contributed by atoms with van der Waals surface area (Å²) in [7, 11) is 1.63. The summed E-state index contributed by atoms with van der Waals surface area (Å²) >= 11 is 1.18. The summed E-state index contributed by atoms with van der Waals surface area (Å²) < 4.78 is 7.21. The van der Waals surface area contributed by atoms with E-state index < -0.39 is 5.91 Å². The second-order valence-electron chi connectivity index (χ2n) is 7.10. The molecule has 0 fully saturated rings. The maximum atomic E-state index is 13.5. The van der Waals surface area contributed by atoms with Crippen molar-refractivity contribution >= 4 is 27.5 Å². The van der Waals surface area contributed by atoms with Gasteiger partial charge in [0.1, 0.15) is 16.4 Å². The Morgan fingerprint density at radius 1 is 1.27 bits per heavy atom. The number of rotatable bonds is 9. The van der Waals surface area contributed by atoms with Gasteiger partial charge in [0.15, 0.2) is 0 Å². The molecule has 0 aliphatic heterocycles. The molecule has 1 aromatic carbocycles. The normalized spacial score (nSPS) is 11.4. The minimum absolute atomic E-state index is 0.127. The number of carbonyl (C=O) groups is 1. The van der Waals surface area contributed by atoms with Crippen molar-refractivity contribution in [2.45, 2.75) is 33.7 Å². The number of aryl methyl sites for hydroxylation is 1. The number of amides is 1. The van der Waals surface area contributed by atoms with Crippen LogP contribution >= 0.6 is 11.3 Å². The van der Waals surface area contributed by atoms with Gasteiger partial charge in [-0.15, -0.1) is 11.3 Å². The number of aromatic nitrogens is 2. The predicted octanol–water partition coefficient (Wildman–Crippen LogP) is 2.81. The Morgan fingerprint density at radius 3 is 2.60 bits per heavy atom. The first-order valence-corrected chi connectivity index (χ1v) is 10.9. The van der Waals surface area contributed by atoms with Gasteiger partial charge in [-0.3, -0.25) is 14.2 Å². The van der Waals surface area contributed by atoms with Crippen LogP contribution in [0.3, 0.4) is 0 Å². The van der Waals surface area contributed by atoms with Crippen LogP contribution in [0.15, 0.2) is 29.1 Å². The lowest BCUT2D eigenvalue weighted by Crippen LogP contribution is -2.33. The number of carbonyl (C=O) groups excluding carboxylic acids is 1. The maximum absolute atomic E-state index is 13.5. The van der Waals surface area contributed by atoms with Crippen molar-refractivity contribution in [3.8, 4) is 5.75 Å². The quantitative estimate of drug-likeness (QED) is 0.566. The highest BCUT2D eigenvalue weighted by molar-refractivity contribution is 7.20. The highest BCUT2D eigenvalue weighted by Gasteiger charge is 2.21. The smallest absolute Gasteiger partial charge is 0.262 e. The fraction of sp³-hybridized carbons (Fsp3) is 0.409. The summed E-state index contributed by atoms with van der Waals surface area (Å²) in [5, 5.41) is 0.483. The third-order valence-corrected chi connectivity index (χ3v) is 6.63. The van der Waals surface area contributed by atoms with Gasteiger partial charge < -0.3 is 15.4 Å². The Morgan fingerprint density at radius 2 is 1.97 bits per heavy atom. The molecule has 30 heavy (non-hydrogen) atoms. The van der Waals surface area contributed by atoms with Crippen molar-refractivity contribution in [3.63, 3.8) is 0 Å². The van der Waals surface area contributed by atoms with E-state index in [2.05, 4.69) is 18.7 Å². The van der Waals surface area contributed by atoms with Gasteiger partial charge in [-0.1, -0.05) is 32.0 Å². The Balaban J connectivity index is 2.16. The molecule has 3 rings (SSSR count). The number of fused-ring (bicyclic) bond motifs is 1. The molecule has 7 nitrogen and oxygen atoms in total. The molecule has 2 N–H and O–H groups in total. The molecule has 8 heteroatoms. The number of methoxy groups -OCH3 is 1. The summed E-state index contributed by atoms with van der Waals surface area (Å²) in [6.07, 6.45) is 0.455. The first-order chi connectivity index (χ1) is 14.4. The molecule has 0 atom stereocenters. The molecule has 160 valence electrons. The van der Waals surface area contributed by atoms with Crippen molar-refractivity contribution < 1.29 is 9.53 Å². The van der Waals surface area contributed by atoms with E-state index in [1.807, 2.05) is 24.3 Å². The molecule has 1 amide bonds. The maximum Gasteiger partial charge on any atom is 0.262 e. The number of ether oxygens (including phenoxy) is 1. The molecule has 0 spiro atoms. The van der Waals surface area contributed by atoms with Crippen molar-refractivity contribution in [3.05, 3.63) is 56.4 Å². The van der Waals surface area contributed by atoms with Gasteiger partial charge in [-0.05, 0) is 31.6 Å². The van der Waals surface area contributed by atoms with E-state index in [0.29, 0.717) is 39.4 Å². The van der Waals surface area contributed by atoms with Crippen molar-refractivity contribution in [2.75, 3.05) is 26.7 Å². The number of nitrogens with zero attached hydrogens (tertiary/aromatic N) is 3. The second-order valence-corrected chi connectivity index (χ2v) is 8.10. The number of likely N-dealkylation sites (N-methyl/N-ethyl adjacent to an activating group) is 1. The Labute approximate surface area is 180 Å². The molecular formula is C22H28N4O3S. The number of primary amides is 1. The average Bonchev–Trinajstić information content (AvgIpc) is 3.07. The van der Waals surface area contributed by atoms with E-state index >= 15 is 0 Å². The molecule has 0 aliphatic carbocycles. The highest BCUT2D eigenvalue weighted by Crippen LogP contribution is 2.28. The van der Waals surface area contributed by atoms with Gasteiger partial charge in [0.25, 0.3) is 11.5 Å². The first kappa shape index (κ1) is 22.0. The molecule has 2 aromatic heterocycles. The third kappa shape index (κ3) is 4.24. The van der Waals surface area contributed by atoms with Crippen LogP contribution in [0.5, 0.6) is 5.75 Å². The number of benzene rings is 1. The first-order valence-electron chi connectivity index (χ1n) is 10.1. The fourth-order valence-electron chi connectivity index (χ4n) is 3.66. The zero-order valence-corrected chi connectivity index (χ0v) is 18.7. The number of para-hydroxylation sites is 1. The zero-order valence-electron chi connectivity index (χ0n) is 17.9. The summed E-state index contributed by atoms with van der Waals surface area (Å²) in [6, 6.07) is 7.72. The van der Waals surface area contributed by atoms with Crippen LogP contribution in [0.1, 0.15) is 40.5 Å². The molecular weight excluding hydrogens is 400 g/mol. The Hall–Kier alpha value is -2.71. The van der Waals surface area contributed by atoms with E-state index in [9.17, 15) is 9.59 Å². The Bertz CT molecular complexity index is 1120. The van der Waals surface area contributed by atoms with Gasteiger partial charge in [-0.2, -0.15) is 0 Å². The van der Waals surface area contributed by atoms with Crippen LogP contribution in [-0.2, 0) is 13.0 Å². The zero-order chi connectivity index (χ0) is 21.8. The molecule has 2 heterocycles. The van der Waals surface area contributed by atoms with Crippen molar-refractivity contribution in [1.82, 2.24) is 14.5 Å². The van der Waals surface area contributed by atoms with E-state index in [1.165, 1.54) is 11.3 Å². The lowest BCUT2D eigenvalue weighted by atomic mass is 10.1. The molecule has 0 bridgehead atoms. The highest BCUT2D eigenvalue weighted by atomic mass is 32.1. The van der Waals surface area contributed by atoms with Gasteiger partial charge in [-0.25, -0.2) is 4.98 Å². The summed E-state index contributed by atoms with van der Waals surface area (Å²) in [5.74, 6) is 0.875. The number of nitrogens with two attached hydrogens (primary N) is 1. The number of hydrogen-bond donors (Lipinski definition) is 1. The van der Waals surface area contributed by atoms with Crippen LogP contribution in [0.25, 0.3) is 10.2 Å². The standard InChI is InChI=1S/C22H28N4O3S/c1-5-25(6-2)11-12-26-17(13-15-9-7-8-10-16(15)29-4)24-21-18(22(26)28)14(3)19(30-21)20(23)27/h7-10H,5-6,11-13H2,1-4H3,(H2,23,27). The molecule has 0 unspecified atom stereocenters. The fourth-order valence-corrected chi connectivity index (χ4v) is 4.70. The number of hydrogen-bond acceptors (Lipinski definition) is 6. The summed E-state index contributed by atoms with van der Waals surface area (Å²) in [5.41, 5.74) is 6.95. The van der Waals surface area contributed by atoms with Gasteiger partial charge in [0, 0.05) is 25.1 Å². The van der Waals surface area contributed by atoms with Crippen LogP contribution in [0.2, 0.25) is 0 Å². The van der Waals surface area contributed by atoms with Crippen LogP contribution in [0.4, 0.5) is 0 Å². The van der Waals surface area contributed by atoms with Crippen LogP contribution in [-0.4, -0.2) is 47.1 Å². The molecule has 0 radical (unpaired) electrons. The number of thiophene rings is 1.